The molecule has 0 radical (unpaired) electrons. The van der Waals surface area contributed by atoms with E-state index in [0.29, 0.717) is 10.9 Å². The number of imide groups is 1. The number of carbonyl (C=O) groups excluding carboxylic acids is 2. The van der Waals surface area contributed by atoms with Gasteiger partial charge in [0.05, 0.1) is 6.04 Å². The summed E-state index contributed by atoms with van der Waals surface area (Å²) in [4.78, 5) is 25.5. The third-order valence-corrected chi connectivity index (χ3v) is 6.03. The number of urea groups is 1. The van der Waals surface area contributed by atoms with Gasteiger partial charge in [0.25, 0.3) is 0 Å². The van der Waals surface area contributed by atoms with Crippen molar-refractivity contribution in [3.63, 3.8) is 0 Å². The molecule has 2 heterocycles. The summed E-state index contributed by atoms with van der Waals surface area (Å²) >= 11 is 1.38. The monoisotopic (exact) mass is 434 g/mol. The van der Waals surface area contributed by atoms with Gasteiger partial charge in [0.1, 0.15) is 5.82 Å². The van der Waals surface area contributed by atoms with E-state index < -0.39 is 6.03 Å². The van der Waals surface area contributed by atoms with Crippen LogP contribution >= 0.6 is 11.8 Å². The highest BCUT2D eigenvalue weighted by atomic mass is 32.2. The summed E-state index contributed by atoms with van der Waals surface area (Å²) in [5.74, 6) is 0.551. The first-order chi connectivity index (χ1) is 14.5. The molecule has 1 aliphatic heterocycles. The van der Waals surface area contributed by atoms with Crippen LogP contribution in [0.4, 0.5) is 9.18 Å². The maximum Gasteiger partial charge on any atom is 0.321 e. The van der Waals surface area contributed by atoms with Crippen molar-refractivity contribution >= 4 is 23.7 Å². The summed E-state index contributed by atoms with van der Waals surface area (Å²) in [6.45, 7) is 4.14. The van der Waals surface area contributed by atoms with Gasteiger partial charge in [-0.05, 0) is 57.1 Å². The van der Waals surface area contributed by atoms with Crippen molar-refractivity contribution in [1.29, 1.82) is 0 Å². The zero-order chi connectivity index (χ0) is 21.5. The van der Waals surface area contributed by atoms with Crippen molar-refractivity contribution in [2.45, 2.75) is 43.8 Å². The van der Waals surface area contributed by atoms with Gasteiger partial charge in [0.2, 0.25) is 5.91 Å². The van der Waals surface area contributed by atoms with Crippen LogP contribution in [0, 0.1) is 5.82 Å². The Hall–Kier alpha value is -2.46. The summed E-state index contributed by atoms with van der Waals surface area (Å²) in [6, 6.07) is 5.76. The minimum absolute atomic E-state index is 0.0637. The third-order valence-electron chi connectivity index (χ3n) is 5.10. The average Bonchev–Trinajstić information content (AvgIpc) is 3.18. The fourth-order valence-electron chi connectivity index (χ4n) is 3.43. The first-order valence-corrected chi connectivity index (χ1v) is 11.1. The molecule has 0 saturated carbocycles. The molecule has 3 rings (SSSR count). The summed E-state index contributed by atoms with van der Waals surface area (Å²) in [6.07, 6.45) is 3.73. The molecule has 0 bridgehead atoms. The van der Waals surface area contributed by atoms with Crippen molar-refractivity contribution in [2.24, 2.45) is 0 Å². The Kier molecular flexibility index (Phi) is 7.81. The van der Waals surface area contributed by atoms with Gasteiger partial charge in [0.15, 0.2) is 11.0 Å². The Morgan fingerprint density at radius 2 is 1.87 bits per heavy atom. The van der Waals surface area contributed by atoms with E-state index in [1.54, 1.807) is 12.1 Å². The molecule has 3 amide bonds. The number of carbonyl (C=O) groups is 2. The Bertz CT molecular complexity index is 867. The number of nitrogens with one attached hydrogen (secondary N) is 2. The normalized spacial score (nSPS) is 15.6. The molecule has 1 aliphatic rings. The Morgan fingerprint density at radius 1 is 1.17 bits per heavy atom. The summed E-state index contributed by atoms with van der Waals surface area (Å²) in [5.41, 5.74) is 0.776. The Labute approximate surface area is 179 Å². The quantitative estimate of drug-likeness (QED) is 0.651. The lowest BCUT2D eigenvalue weighted by molar-refractivity contribution is -0.119. The number of likely N-dealkylation sites (tertiary alicyclic amines) is 1. The smallest absolute Gasteiger partial charge is 0.321 e. The lowest BCUT2D eigenvalue weighted by atomic mass is 10.1. The summed E-state index contributed by atoms with van der Waals surface area (Å²) in [7, 11) is 1.45. The van der Waals surface area contributed by atoms with Crippen molar-refractivity contribution in [2.75, 3.05) is 25.9 Å². The number of piperidine rings is 1. The Balaban J connectivity index is 1.78. The van der Waals surface area contributed by atoms with E-state index in [0.717, 1.165) is 37.4 Å². The van der Waals surface area contributed by atoms with Crippen LogP contribution in [0.5, 0.6) is 0 Å². The average molecular weight is 435 g/mol. The van der Waals surface area contributed by atoms with Crippen molar-refractivity contribution in [3.05, 3.63) is 35.9 Å². The van der Waals surface area contributed by atoms with Crippen LogP contribution in [0.3, 0.4) is 0 Å². The third kappa shape index (κ3) is 5.57. The highest BCUT2D eigenvalue weighted by Gasteiger charge is 2.25. The zero-order valence-electron chi connectivity index (χ0n) is 17.2. The lowest BCUT2D eigenvalue weighted by Gasteiger charge is -2.31. The van der Waals surface area contributed by atoms with E-state index in [1.165, 1.54) is 37.4 Å². The van der Waals surface area contributed by atoms with Crippen LogP contribution < -0.4 is 10.6 Å². The molecule has 30 heavy (non-hydrogen) atoms. The van der Waals surface area contributed by atoms with E-state index in [1.807, 2.05) is 4.57 Å². The number of aromatic nitrogens is 3. The highest BCUT2D eigenvalue weighted by Crippen LogP contribution is 2.29. The first kappa shape index (κ1) is 22.2. The van der Waals surface area contributed by atoms with Crippen LogP contribution in [-0.2, 0) is 4.79 Å². The van der Waals surface area contributed by atoms with E-state index in [-0.39, 0.29) is 24.2 Å². The van der Waals surface area contributed by atoms with E-state index in [2.05, 4.69) is 32.7 Å². The van der Waals surface area contributed by atoms with E-state index in [4.69, 9.17) is 0 Å². The minimum Gasteiger partial charge on any atom is -0.341 e. The minimum atomic E-state index is -0.530. The maximum atomic E-state index is 13.5. The fraction of sp³-hybridized carbons (Fsp3) is 0.500. The lowest BCUT2D eigenvalue weighted by Crippen LogP contribution is -2.37. The van der Waals surface area contributed by atoms with Gasteiger partial charge in [-0.15, -0.1) is 10.2 Å². The van der Waals surface area contributed by atoms with Gasteiger partial charge >= 0.3 is 6.03 Å². The number of halogens is 1. The molecule has 1 unspecified atom stereocenters. The molecule has 10 heteroatoms. The number of benzene rings is 1. The van der Waals surface area contributed by atoms with E-state index in [9.17, 15) is 14.0 Å². The molecule has 2 N–H and O–H groups in total. The molecular weight excluding hydrogens is 407 g/mol. The van der Waals surface area contributed by atoms with Crippen LogP contribution in [0.25, 0.3) is 5.69 Å². The van der Waals surface area contributed by atoms with Crippen molar-refractivity contribution in [3.8, 4) is 5.69 Å². The van der Waals surface area contributed by atoms with Gasteiger partial charge in [-0.2, -0.15) is 0 Å². The number of hydrogen-bond acceptors (Lipinski definition) is 6. The van der Waals surface area contributed by atoms with Crippen LogP contribution in [0.15, 0.2) is 29.4 Å². The van der Waals surface area contributed by atoms with Gasteiger partial charge in [-0.1, -0.05) is 18.2 Å². The number of hydrogen-bond donors (Lipinski definition) is 2. The standard InChI is InChI=1S/C20H27FN6O2S/c1-14(26-11-4-3-5-12-26)18-24-25-20(27(18)16-8-6-15(21)7-9-16)30-13-10-17(28)23-19(29)22-2/h6-9,14H,3-5,10-13H2,1-2H3,(H2,22,23,28,29). The number of amides is 3. The second-order valence-electron chi connectivity index (χ2n) is 7.15. The second kappa shape index (κ2) is 10.5. The second-order valence-corrected chi connectivity index (χ2v) is 8.21. The predicted molar refractivity (Wildman–Crippen MR) is 113 cm³/mol. The van der Waals surface area contributed by atoms with Gasteiger partial charge in [-0.25, -0.2) is 9.18 Å². The molecule has 1 saturated heterocycles. The molecule has 1 atom stereocenters. The predicted octanol–water partition coefficient (Wildman–Crippen LogP) is 2.89. The van der Waals surface area contributed by atoms with E-state index >= 15 is 0 Å². The molecule has 1 aromatic carbocycles. The summed E-state index contributed by atoms with van der Waals surface area (Å²) < 4.78 is 15.4. The highest BCUT2D eigenvalue weighted by molar-refractivity contribution is 7.99. The largest absolute Gasteiger partial charge is 0.341 e. The van der Waals surface area contributed by atoms with Crippen molar-refractivity contribution in [1.82, 2.24) is 30.3 Å². The Morgan fingerprint density at radius 3 is 2.53 bits per heavy atom. The molecule has 0 aliphatic carbocycles. The molecule has 2 aromatic rings. The van der Waals surface area contributed by atoms with Crippen molar-refractivity contribution < 1.29 is 14.0 Å². The number of thioether (sulfide) groups is 1. The van der Waals surface area contributed by atoms with Gasteiger partial charge in [0, 0.05) is 24.9 Å². The molecule has 1 fully saturated rings. The molecule has 162 valence electrons. The SMILES string of the molecule is CNC(=O)NC(=O)CCSc1nnc(C(C)N2CCCCC2)n1-c1ccc(F)cc1. The van der Waals surface area contributed by atoms with Gasteiger partial charge in [-0.3, -0.25) is 19.6 Å². The molecular formula is C20H27FN6O2S. The first-order valence-electron chi connectivity index (χ1n) is 10.1. The maximum absolute atomic E-state index is 13.5. The fourth-order valence-corrected chi connectivity index (χ4v) is 4.33. The van der Waals surface area contributed by atoms with Crippen LogP contribution in [-0.4, -0.2) is 57.5 Å². The van der Waals surface area contributed by atoms with Crippen LogP contribution in [0.1, 0.15) is 44.5 Å². The van der Waals surface area contributed by atoms with Gasteiger partial charge < -0.3 is 5.32 Å². The van der Waals surface area contributed by atoms with Crippen LogP contribution in [0.2, 0.25) is 0 Å². The summed E-state index contributed by atoms with van der Waals surface area (Å²) in [5, 5.41) is 14.0. The molecule has 1 aromatic heterocycles. The zero-order valence-corrected chi connectivity index (χ0v) is 18.0. The molecule has 8 nitrogen and oxygen atoms in total. The molecule has 0 spiro atoms. The number of nitrogens with zero attached hydrogens (tertiary/aromatic N) is 4. The number of rotatable bonds is 7. The topological polar surface area (TPSA) is 92.2 Å².